The molecular weight excluding hydrogens is 352 g/mol. The fraction of sp³-hybridized carbons (Fsp3) is 0.611. The molecule has 138 valence electrons. The first-order valence-corrected chi connectivity index (χ1v) is 10.4. The lowest BCUT2D eigenvalue weighted by Crippen LogP contribution is -2.38. The molecule has 0 fully saturated rings. The third kappa shape index (κ3) is 5.07. The Kier molecular flexibility index (Phi) is 6.68. The van der Waals surface area contributed by atoms with Gasteiger partial charge in [0.1, 0.15) is 10.6 Å². The number of thioether (sulfide) groups is 1. The quantitative estimate of drug-likeness (QED) is 0.578. The Morgan fingerprint density at radius 1 is 1.16 bits per heavy atom. The smallest absolute Gasteiger partial charge is 0.233 e. The van der Waals surface area contributed by atoms with Crippen LogP contribution in [0.15, 0.2) is 5.16 Å². The number of nitrogen functional groups attached to an aromatic ring is 1. The number of amides is 1. The Morgan fingerprint density at radius 3 is 2.32 bits per heavy atom. The van der Waals surface area contributed by atoms with Crippen LogP contribution in [-0.4, -0.2) is 39.6 Å². The van der Waals surface area contributed by atoms with Crippen LogP contribution in [0, 0.1) is 25.7 Å². The second-order valence-electron chi connectivity index (χ2n) is 7.23. The molecule has 0 aliphatic heterocycles. The van der Waals surface area contributed by atoms with Gasteiger partial charge in [-0.3, -0.25) is 4.79 Å². The summed E-state index contributed by atoms with van der Waals surface area (Å²) in [5.41, 5.74) is 7.26. The van der Waals surface area contributed by atoms with Crippen molar-refractivity contribution < 1.29 is 4.79 Å². The molecule has 2 heterocycles. The van der Waals surface area contributed by atoms with E-state index in [9.17, 15) is 4.79 Å². The van der Waals surface area contributed by atoms with Gasteiger partial charge in [0.05, 0.1) is 11.1 Å². The summed E-state index contributed by atoms with van der Waals surface area (Å²) in [6.45, 7) is 14.2. The van der Waals surface area contributed by atoms with Crippen LogP contribution < -0.4 is 5.73 Å². The van der Waals surface area contributed by atoms with Gasteiger partial charge in [-0.05, 0) is 31.2 Å². The minimum atomic E-state index is 0.133. The Bertz CT molecular complexity index is 745. The average Bonchev–Trinajstić information content (AvgIpc) is 2.78. The molecule has 0 aliphatic rings. The Labute approximate surface area is 158 Å². The van der Waals surface area contributed by atoms with Gasteiger partial charge >= 0.3 is 0 Å². The van der Waals surface area contributed by atoms with Crippen molar-refractivity contribution in [2.24, 2.45) is 11.8 Å². The molecule has 0 atom stereocenters. The number of aryl methyl sites for hydroxylation is 2. The molecule has 2 rings (SSSR count). The van der Waals surface area contributed by atoms with E-state index < -0.39 is 0 Å². The van der Waals surface area contributed by atoms with Crippen LogP contribution in [0.2, 0.25) is 0 Å². The number of hydrogen-bond donors (Lipinski definition) is 1. The summed E-state index contributed by atoms with van der Waals surface area (Å²) in [7, 11) is 0. The number of rotatable bonds is 7. The molecule has 0 saturated carbocycles. The molecule has 0 aromatic carbocycles. The van der Waals surface area contributed by atoms with Gasteiger partial charge in [0, 0.05) is 18.0 Å². The van der Waals surface area contributed by atoms with Crippen molar-refractivity contribution in [3.05, 3.63) is 10.4 Å². The van der Waals surface area contributed by atoms with Crippen molar-refractivity contribution in [1.82, 2.24) is 14.9 Å². The molecule has 7 heteroatoms. The van der Waals surface area contributed by atoms with Crippen molar-refractivity contribution in [2.45, 2.75) is 46.7 Å². The summed E-state index contributed by atoms with van der Waals surface area (Å²) in [4.78, 5) is 25.7. The zero-order chi connectivity index (χ0) is 18.7. The maximum Gasteiger partial charge on any atom is 0.233 e. The van der Waals surface area contributed by atoms with Gasteiger partial charge in [-0.2, -0.15) is 0 Å². The molecule has 1 amide bonds. The lowest BCUT2D eigenvalue weighted by atomic mass is 10.1. The van der Waals surface area contributed by atoms with E-state index in [4.69, 9.17) is 5.73 Å². The predicted molar refractivity (Wildman–Crippen MR) is 108 cm³/mol. The molecule has 2 N–H and O–H groups in total. The summed E-state index contributed by atoms with van der Waals surface area (Å²) < 4.78 is 0. The fourth-order valence-corrected chi connectivity index (χ4v) is 4.55. The highest BCUT2D eigenvalue weighted by atomic mass is 32.2. The van der Waals surface area contributed by atoms with Gasteiger partial charge < -0.3 is 10.6 Å². The number of anilines is 1. The maximum atomic E-state index is 12.6. The van der Waals surface area contributed by atoms with Gasteiger partial charge in [-0.1, -0.05) is 39.5 Å². The molecular formula is C18H28N4OS2. The van der Waals surface area contributed by atoms with Crippen molar-refractivity contribution in [1.29, 1.82) is 0 Å². The fourth-order valence-electron chi connectivity index (χ4n) is 2.70. The van der Waals surface area contributed by atoms with E-state index >= 15 is 0 Å². The van der Waals surface area contributed by atoms with E-state index in [1.165, 1.54) is 16.6 Å². The summed E-state index contributed by atoms with van der Waals surface area (Å²) in [5, 5.41) is 1.52. The van der Waals surface area contributed by atoms with Crippen LogP contribution in [0.4, 0.5) is 5.82 Å². The number of nitrogens with two attached hydrogens (primary N) is 1. The number of hydrogen-bond acceptors (Lipinski definition) is 6. The first-order chi connectivity index (χ1) is 11.7. The molecule has 0 radical (unpaired) electrons. The van der Waals surface area contributed by atoms with Crippen LogP contribution in [0.3, 0.4) is 0 Å². The van der Waals surface area contributed by atoms with Crippen molar-refractivity contribution in [2.75, 3.05) is 24.6 Å². The third-order valence-electron chi connectivity index (χ3n) is 3.88. The van der Waals surface area contributed by atoms with Crippen molar-refractivity contribution in [3.63, 3.8) is 0 Å². The molecule has 0 aliphatic carbocycles. The molecule has 0 unspecified atom stereocenters. The molecule has 25 heavy (non-hydrogen) atoms. The van der Waals surface area contributed by atoms with Crippen molar-refractivity contribution in [3.8, 4) is 0 Å². The first kappa shape index (κ1) is 20.0. The van der Waals surface area contributed by atoms with Crippen LogP contribution in [0.25, 0.3) is 10.2 Å². The van der Waals surface area contributed by atoms with Crippen LogP contribution in [-0.2, 0) is 4.79 Å². The summed E-state index contributed by atoms with van der Waals surface area (Å²) >= 11 is 2.99. The van der Waals surface area contributed by atoms with E-state index in [1.807, 2.05) is 11.8 Å². The number of carbonyl (C=O) groups is 1. The largest absolute Gasteiger partial charge is 0.383 e. The molecule has 0 saturated heterocycles. The number of carbonyl (C=O) groups excluding carboxylic acids is 1. The Morgan fingerprint density at radius 2 is 1.76 bits per heavy atom. The number of aromatic nitrogens is 2. The molecule has 2 aromatic rings. The summed E-state index contributed by atoms with van der Waals surface area (Å²) in [6, 6.07) is 0. The Balaban J connectivity index is 2.11. The van der Waals surface area contributed by atoms with Gasteiger partial charge in [0.15, 0.2) is 5.16 Å². The standard InChI is InChI=1S/C18H28N4OS2/c1-10(2)7-22(8-11(3)4)14(23)9-24-18-20-16(19)15-12(5)13(6)25-17(15)21-18/h10-11H,7-9H2,1-6H3,(H2,19,20,21). The highest BCUT2D eigenvalue weighted by Crippen LogP contribution is 2.33. The van der Waals surface area contributed by atoms with Crippen molar-refractivity contribution >= 4 is 45.0 Å². The monoisotopic (exact) mass is 380 g/mol. The lowest BCUT2D eigenvalue weighted by molar-refractivity contribution is -0.129. The van der Waals surface area contributed by atoms with Crippen LogP contribution in [0.1, 0.15) is 38.1 Å². The third-order valence-corrected chi connectivity index (χ3v) is 5.82. The molecule has 0 spiro atoms. The second kappa shape index (κ2) is 8.36. The molecule has 5 nitrogen and oxygen atoms in total. The molecule has 2 aromatic heterocycles. The van der Waals surface area contributed by atoms with Gasteiger partial charge in [0.25, 0.3) is 0 Å². The normalized spacial score (nSPS) is 11.7. The van der Waals surface area contributed by atoms with Gasteiger partial charge in [-0.25, -0.2) is 9.97 Å². The zero-order valence-corrected chi connectivity index (χ0v) is 17.6. The number of thiophene rings is 1. The first-order valence-electron chi connectivity index (χ1n) is 8.62. The second-order valence-corrected chi connectivity index (χ2v) is 9.38. The van der Waals surface area contributed by atoms with Crippen LogP contribution in [0.5, 0.6) is 0 Å². The predicted octanol–water partition coefficient (Wildman–Crippen LogP) is 4.12. The maximum absolute atomic E-state index is 12.6. The van der Waals surface area contributed by atoms with E-state index in [1.54, 1.807) is 11.3 Å². The topological polar surface area (TPSA) is 72.1 Å². The van der Waals surface area contributed by atoms with Gasteiger partial charge in [-0.15, -0.1) is 11.3 Å². The molecule has 0 bridgehead atoms. The minimum Gasteiger partial charge on any atom is -0.383 e. The highest BCUT2D eigenvalue weighted by molar-refractivity contribution is 7.99. The minimum absolute atomic E-state index is 0.133. The lowest BCUT2D eigenvalue weighted by Gasteiger charge is -2.26. The average molecular weight is 381 g/mol. The van der Waals surface area contributed by atoms with Crippen LogP contribution >= 0.6 is 23.1 Å². The number of fused-ring (bicyclic) bond motifs is 1. The highest BCUT2D eigenvalue weighted by Gasteiger charge is 2.18. The van der Waals surface area contributed by atoms with E-state index in [-0.39, 0.29) is 5.91 Å². The zero-order valence-electron chi connectivity index (χ0n) is 15.9. The van der Waals surface area contributed by atoms with E-state index in [0.29, 0.717) is 28.6 Å². The van der Waals surface area contributed by atoms with Gasteiger partial charge in [0.2, 0.25) is 5.91 Å². The summed E-state index contributed by atoms with van der Waals surface area (Å²) in [6.07, 6.45) is 0. The Hall–Kier alpha value is -1.34. The van der Waals surface area contributed by atoms with E-state index in [2.05, 4.69) is 44.6 Å². The summed E-state index contributed by atoms with van der Waals surface area (Å²) in [5.74, 6) is 1.88. The SMILES string of the molecule is Cc1sc2nc(SCC(=O)N(CC(C)C)CC(C)C)nc(N)c2c1C. The van der Waals surface area contributed by atoms with E-state index in [0.717, 1.165) is 28.9 Å². The number of nitrogens with zero attached hydrogens (tertiary/aromatic N) is 3.